The van der Waals surface area contributed by atoms with Gasteiger partial charge in [0.25, 0.3) is 0 Å². The van der Waals surface area contributed by atoms with Crippen LogP contribution in [0, 0.1) is 11.8 Å². The summed E-state index contributed by atoms with van der Waals surface area (Å²) >= 11 is 1.61. The first-order chi connectivity index (χ1) is 18.1. The normalized spacial score (nSPS) is 30.3. The van der Waals surface area contributed by atoms with Crippen LogP contribution in [0.15, 0.2) is 55.6 Å². The minimum Gasteiger partial charge on any atom is -0.465 e. The van der Waals surface area contributed by atoms with Gasteiger partial charge in [0.15, 0.2) is 0 Å². The van der Waals surface area contributed by atoms with Gasteiger partial charge in [-0.25, -0.2) is 0 Å². The number of thioether (sulfide) groups is 1. The number of rotatable bonds is 12. The molecule has 1 N–H and O–H groups in total. The fourth-order valence-electron chi connectivity index (χ4n) is 6.72. The maximum Gasteiger partial charge on any atom is 0.311 e. The molecular weight excluding hydrogens is 500 g/mol. The van der Waals surface area contributed by atoms with E-state index in [2.05, 4.69) is 13.2 Å². The Balaban J connectivity index is 1.79. The van der Waals surface area contributed by atoms with Crippen molar-refractivity contribution in [2.24, 2.45) is 11.8 Å². The van der Waals surface area contributed by atoms with E-state index in [4.69, 9.17) is 4.74 Å². The molecule has 2 bridgehead atoms. The third-order valence-corrected chi connectivity index (χ3v) is 10.4. The van der Waals surface area contributed by atoms with Crippen LogP contribution in [0.2, 0.25) is 0 Å². The lowest BCUT2D eigenvalue weighted by molar-refractivity contribution is -0.156. The van der Waals surface area contributed by atoms with E-state index in [0.717, 1.165) is 5.56 Å². The van der Waals surface area contributed by atoms with Crippen molar-refractivity contribution in [2.75, 3.05) is 19.8 Å². The van der Waals surface area contributed by atoms with E-state index in [1.807, 2.05) is 51.1 Å². The zero-order chi connectivity index (χ0) is 27.7. The molecule has 2 amide bonds. The maximum absolute atomic E-state index is 14.4. The van der Waals surface area contributed by atoms with Crippen molar-refractivity contribution in [1.29, 1.82) is 0 Å². The molecule has 206 valence electrons. The molecule has 3 fully saturated rings. The molecule has 38 heavy (non-hydrogen) atoms. The minimum atomic E-state index is -0.791. The van der Waals surface area contributed by atoms with Gasteiger partial charge in [-0.3, -0.25) is 14.4 Å². The number of hydrogen-bond acceptors (Lipinski definition) is 6. The van der Waals surface area contributed by atoms with E-state index in [1.165, 1.54) is 0 Å². The van der Waals surface area contributed by atoms with Gasteiger partial charge in [-0.05, 0) is 52.0 Å². The number of hydrogen-bond donors (Lipinski definition) is 1. The lowest BCUT2D eigenvalue weighted by Gasteiger charge is -2.40. The molecule has 0 aliphatic carbocycles. The molecule has 0 aromatic heterocycles. The summed E-state index contributed by atoms with van der Waals surface area (Å²) in [6.45, 7) is 13.7. The number of aliphatic hydroxyl groups is 1. The van der Waals surface area contributed by atoms with Crippen LogP contribution in [0.3, 0.4) is 0 Å². The highest BCUT2D eigenvalue weighted by Gasteiger charge is 2.78. The molecule has 3 aliphatic rings. The summed E-state index contributed by atoms with van der Waals surface area (Å²) < 4.78 is 4.37. The van der Waals surface area contributed by atoms with Crippen molar-refractivity contribution in [3.8, 4) is 0 Å². The Labute approximate surface area is 230 Å². The number of nitrogens with zero attached hydrogens (tertiary/aromatic N) is 2. The predicted molar refractivity (Wildman–Crippen MR) is 149 cm³/mol. The smallest absolute Gasteiger partial charge is 0.311 e. The molecule has 1 aromatic rings. The van der Waals surface area contributed by atoms with Gasteiger partial charge in [-0.15, -0.1) is 24.9 Å². The number of fused-ring (bicyclic) bond motifs is 1. The zero-order valence-corrected chi connectivity index (χ0v) is 23.5. The van der Waals surface area contributed by atoms with Gasteiger partial charge in [-0.2, -0.15) is 0 Å². The summed E-state index contributed by atoms with van der Waals surface area (Å²) in [6, 6.07) is 8.18. The number of ether oxygens (including phenoxy) is 1. The molecule has 2 unspecified atom stereocenters. The van der Waals surface area contributed by atoms with E-state index >= 15 is 0 Å². The Morgan fingerprint density at radius 2 is 1.95 bits per heavy atom. The van der Waals surface area contributed by atoms with Crippen LogP contribution < -0.4 is 0 Å². The lowest BCUT2D eigenvalue weighted by atomic mass is 9.66. The standard InChI is InChI=1S/C30H40N2O5S/c1-6-8-17-37-28(36)24-23-26(34)32(22(19-33)18-21-12-10-9-11-13-21)25(27(35)31(16-7-2)20(3)4)30(23)15-14-29(24,5)38-30/h6-7,9-13,20,22-25,33H,1-2,8,14-19H2,3-5H3/t22-,23+,24+,25?,29-,30?/m1/s1. The predicted octanol–water partition coefficient (Wildman–Crippen LogP) is 3.61. The molecule has 0 radical (unpaired) electrons. The van der Waals surface area contributed by atoms with Crippen LogP contribution in [0.25, 0.3) is 0 Å². The summed E-state index contributed by atoms with van der Waals surface area (Å²) in [6.07, 6.45) is 5.70. The van der Waals surface area contributed by atoms with Crippen LogP contribution in [-0.4, -0.2) is 80.1 Å². The highest BCUT2D eigenvalue weighted by Crippen LogP contribution is 2.71. The first-order valence-electron chi connectivity index (χ1n) is 13.5. The molecule has 6 atom stereocenters. The summed E-state index contributed by atoms with van der Waals surface area (Å²) in [7, 11) is 0. The van der Waals surface area contributed by atoms with Crippen molar-refractivity contribution >= 4 is 29.5 Å². The summed E-state index contributed by atoms with van der Waals surface area (Å²) in [4.78, 5) is 45.6. The molecule has 0 saturated carbocycles. The average Bonchev–Trinajstić information content (AvgIpc) is 3.46. The average molecular weight is 541 g/mol. The van der Waals surface area contributed by atoms with Gasteiger partial charge in [0, 0.05) is 17.3 Å². The van der Waals surface area contributed by atoms with E-state index in [9.17, 15) is 19.5 Å². The number of benzene rings is 1. The highest BCUT2D eigenvalue weighted by molar-refractivity contribution is 8.02. The fourth-order valence-corrected chi connectivity index (χ4v) is 9.04. The van der Waals surface area contributed by atoms with E-state index < -0.39 is 33.4 Å². The number of likely N-dealkylation sites (tertiary alicyclic amines) is 1. The van der Waals surface area contributed by atoms with Gasteiger partial charge in [0.2, 0.25) is 11.8 Å². The summed E-state index contributed by atoms with van der Waals surface area (Å²) in [5.41, 5.74) is 0.969. The molecule has 3 heterocycles. The number of amides is 2. The third-order valence-electron chi connectivity index (χ3n) is 8.42. The monoisotopic (exact) mass is 540 g/mol. The van der Waals surface area contributed by atoms with Gasteiger partial charge in [-0.1, -0.05) is 42.5 Å². The topological polar surface area (TPSA) is 87.1 Å². The van der Waals surface area contributed by atoms with Crippen LogP contribution in [-0.2, 0) is 25.5 Å². The number of aliphatic hydroxyl groups excluding tert-OH is 1. The van der Waals surface area contributed by atoms with Crippen LogP contribution in [0.1, 0.15) is 45.6 Å². The SMILES string of the molecule is C=CCCOC(=O)[C@@H]1[C@H]2C(=O)N([C@@H](CO)Cc3ccccc3)C(C(=O)N(CC=C)C(C)C)C23CC[C@@]1(C)S3. The number of carbonyl (C=O) groups is 3. The Bertz CT molecular complexity index is 1080. The fraction of sp³-hybridized carbons (Fsp3) is 0.567. The van der Waals surface area contributed by atoms with Gasteiger partial charge >= 0.3 is 5.97 Å². The van der Waals surface area contributed by atoms with Crippen molar-refractivity contribution in [3.05, 3.63) is 61.2 Å². The lowest BCUT2D eigenvalue weighted by Crippen LogP contribution is -2.58. The Kier molecular flexibility index (Phi) is 8.43. The molecule has 8 heteroatoms. The van der Waals surface area contributed by atoms with Crippen LogP contribution in [0.5, 0.6) is 0 Å². The van der Waals surface area contributed by atoms with Crippen molar-refractivity contribution < 1.29 is 24.2 Å². The molecule has 3 aliphatic heterocycles. The molecule has 1 spiro atoms. The molecule has 4 rings (SSSR count). The summed E-state index contributed by atoms with van der Waals surface area (Å²) in [5, 5.41) is 10.6. The third kappa shape index (κ3) is 4.70. The maximum atomic E-state index is 14.4. The Morgan fingerprint density at radius 1 is 1.24 bits per heavy atom. The van der Waals surface area contributed by atoms with E-state index in [-0.39, 0.29) is 37.0 Å². The van der Waals surface area contributed by atoms with Crippen LogP contribution >= 0.6 is 11.8 Å². The van der Waals surface area contributed by atoms with Gasteiger partial charge in [0.1, 0.15) is 6.04 Å². The first kappa shape index (κ1) is 28.4. The summed E-state index contributed by atoms with van der Waals surface area (Å²) in [5.74, 6) is -2.10. The minimum absolute atomic E-state index is 0.103. The molecule has 7 nitrogen and oxygen atoms in total. The molecular formula is C30H40N2O5S. The van der Waals surface area contributed by atoms with Crippen molar-refractivity contribution in [3.63, 3.8) is 0 Å². The highest BCUT2D eigenvalue weighted by atomic mass is 32.2. The van der Waals surface area contributed by atoms with Crippen molar-refractivity contribution in [1.82, 2.24) is 9.80 Å². The van der Waals surface area contributed by atoms with Crippen molar-refractivity contribution in [2.45, 2.75) is 74.1 Å². The van der Waals surface area contributed by atoms with E-state index in [0.29, 0.717) is 32.2 Å². The molecule has 3 saturated heterocycles. The first-order valence-corrected chi connectivity index (χ1v) is 14.3. The second-order valence-electron chi connectivity index (χ2n) is 11.1. The van der Waals surface area contributed by atoms with Gasteiger partial charge < -0.3 is 19.6 Å². The number of esters is 1. The second-order valence-corrected chi connectivity index (χ2v) is 13.0. The largest absolute Gasteiger partial charge is 0.465 e. The van der Waals surface area contributed by atoms with Crippen LogP contribution in [0.4, 0.5) is 0 Å². The molecule has 1 aromatic carbocycles. The zero-order valence-electron chi connectivity index (χ0n) is 22.7. The Morgan fingerprint density at radius 3 is 2.55 bits per heavy atom. The second kappa shape index (κ2) is 11.3. The Hall–Kier alpha value is -2.58. The van der Waals surface area contributed by atoms with E-state index in [1.54, 1.807) is 33.7 Å². The number of carbonyl (C=O) groups excluding carboxylic acids is 3. The quantitative estimate of drug-likeness (QED) is 0.248. The van der Waals surface area contributed by atoms with Gasteiger partial charge in [0.05, 0.1) is 35.8 Å².